The minimum absolute atomic E-state index is 0.200. The second-order valence-corrected chi connectivity index (χ2v) is 8.36. The Balaban J connectivity index is 1.98. The molecule has 0 heterocycles. The third kappa shape index (κ3) is 7.19. The fourth-order valence-corrected chi connectivity index (χ4v) is 3.21. The summed E-state index contributed by atoms with van der Waals surface area (Å²) < 4.78 is 5.92. The maximum atomic E-state index is 12.7. The van der Waals surface area contributed by atoms with Gasteiger partial charge in [-0.05, 0) is 65.2 Å². The quantitative estimate of drug-likeness (QED) is 0.474. The van der Waals surface area contributed by atoms with E-state index in [2.05, 4.69) is 31.9 Å². The Morgan fingerprint density at radius 1 is 0.875 bits per heavy atom. The largest absolute Gasteiger partial charge is 0.451 e. The third-order valence-electron chi connectivity index (χ3n) is 4.46. The average Bonchev–Trinajstić information content (AvgIpc) is 2.72. The van der Waals surface area contributed by atoms with Gasteiger partial charge in [0.1, 0.15) is 6.04 Å². The van der Waals surface area contributed by atoms with Crippen LogP contribution < -0.4 is 16.0 Å². The van der Waals surface area contributed by atoms with Crippen molar-refractivity contribution < 1.29 is 23.9 Å². The highest BCUT2D eigenvalue weighted by Crippen LogP contribution is 2.17. The molecule has 2 aromatic carbocycles. The van der Waals surface area contributed by atoms with Gasteiger partial charge in [-0.15, -0.1) is 0 Å². The number of halogens is 1. The SMILES string of the molecule is CC(=O)Nc1ccc(NC(=O)C(C)OC(=O)[C@@H](NC(=O)c2ccccc2Br)C(C)C)cc1. The molecule has 1 unspecified atom stereocenters. The summed E-state index contributed by atoms with van der Waals surface area (Å²) in [6.45, 7) is 6.39. The molecule has 170 valence electrons. The summed E-state index contributed by atoms with van der Waals surface area (Å²) in [5.41, 5.74) is 1.46. The molecule has 2 aromatic rings. The van der Waals surface area contributed by atoms with E-state index in [-0.39, 0.29) is 11.8 Å². The number of hydrogen-bond acceptors (Lipinski definition) is 5. The summed E-state index contributed by atoms with van der Waals surface area (Å²) in [5.74, 6) is -2.11. The van der Waals surface area contributed by atoms with Crippen LogP contribution in [0.5, 0.6) is 0 Å². The van der Waals surface area contributed by atoms with Gasteiger partial charge in [-0.1, -0.05) is 26.0 Å². The lowest BCUT2D eigenvalue weighted by Gasteiger charge is -2.23. The number of anilines is 2. The van der Waals surface area contributed by atoms with Gasteiger partial charge in [0.05, 0.1) is 5.56 Å². The first-order valence-corrected chi connectivity index (χ1v) is 10.8. The maximum absolute atomic E-state index is 12.7. The van der Waals surface area contributed by atoms with Crippen molar-refractivity contribution in [3.8, 4) is 0 Å². The second-order valence-electron chi connectivity index (χ2n) is 7.50. The van der Waals surface area contributed by atoms with Crippen LogP contribution in [0.15, 0.2) is 53.0 Å². The standard InChI is InChI=1S/C23H26BrN3O5/c1-13(2)20(27-22(30)18-7-5-6-8-19(18)24)23(31)32-14(3)21(29)26-17-11-9-16(10-12-17)25-15(4)28/h5-14,20H,1-4H3,(H,25,28)(H,26,29)(H,27,30)/t14?,20-/m0/s1. The van der Waals surface area contributed by atoms with Gasteiger partial charge in [-0.2, -0.15) is 0 Å². The summed E-state index contributed by atoms with van der Waals surface area (Å²) in [7, 11) is 0. The number of ether oxygens (including phenoxy) is 1. The van der Waals surface area contributed by atoms with Crippen LogP contribution in [0.3, 0.4) is 0 Å². The zero-order chi connectivity index (χ0) is 23.8. The topological polar surface area (TPSA) is 114 Å². The minimum atomic E-state index is -1.08. The molecule has 0 bridgehead atoms. The number of benzene rings is 2. The molecule has 32 heavy (non-hydrogen) atoms. The van der Waals surface area contributed by atoms with Gasteiger partial charge >= 0.3 is 5.97 Å². The predicted octanol–water partition coefficient (Wildman–Crippen LogP) is 3.73. The van der Waals surface area contributed by atoms with Gasteiger partial charge in [-0.3, -0.25) is 14.4 Å². The Labute approximate surface area is 195 Å². The van der Waals surface area contributed by atoms with E-state index in [0.29, 0.717) is 21.4 Å². The highest BCUT2D eigenvalue weighted by molar-refractivity contribution is 9.10. The van der Waals surface area contributed by atoms with E-state index in [9.17, 15) is 19.2 Å². The highest BCUT2D eigenvalue weighted by Gasteiger charge is 2.29. The number of amides is 3. The lowest BCUT2D eigenvalue weighted by molar-refractivity contribution is -0.156. The van der Waals surface area contributed by atoms with Crippen molar-refractivity contribution in [1.82, 2.24) is 5.32 Å². The Morgan fingerprint density at radius 3 is 1.97 bits per heavy atom. The zero-order valence-corrected chi connectivity index (χ0v) is 19.9. The van der Waals surface area contributed by atoms with Crippen LogP contribution in [0.4, 0.5) is 11.4 Å². The minimum Gasteiger partial charge on any atom is -0.451 e. The Bertz CT molecular complexity index is 991. The van der Waals surface area contributed by atoms with Gasteiger partial charge in [0, 0.05) is 22.8 Å². The zero-order valence-electron chi connectivity index (χ0n) is 18.3. The number of carbonyl (C=O) groups is 4. The first-order chi connectivity index (χ1) is 15.1. The van der Waals surface area contributed by atoms with Crippen LogP contribution in [0, 0.1) is 5.92 Å². The summed E-state index contributed by atoms with van der Waals surface area (Å²) in [6, 6.07) is 12.4. The first-order valence-electron chi connectivity index (χ1n) is 10.0. The molecular formula is C23H26BrN3O5. The number of carbonyl (C=O) groups excluding carboxylic acids is 4. The van der Waals surface area contributed by atoms with Crippen molar-refractivity contribution in [2.45, 2.75) is 39.8 Å². The molecule has 0 saturated heterocycles. The lowest BCUT2D eigenvalue weighted by atomic mass is 10.0. The number of hydrogen-bond donors (Lipinski definition) is 3. The second kappa shape index (κ2) is 11.4. The van der Waals surface area contributed by atoms with E-state index in [1.54, 1.807) is 62.4 Å². The van der Waals surface area contributed by atoms with E-state index in [1.165, 1.54) is 13.8 Å². The molecule has 3 amide bonds. The third-order valence-corrected chi connectivity index (χ3v) is 5.15. The van der Waals surface area contributed by atoms with Crippen molar-refractivity contribution in [2.24, 2.45) is 5.92 Å². The van der Waals surface area contributed by atoms with Crippen molar-refractivity contribution >= 4 is 51.0 Å². The van der Waals surface area contributed by atoms with Crippen LogP contribution in [0.1, 0.15) is 38.1 Å². The molecule has 3 N–H and O–H groups in total. The van der Waals surface area contributed by atoms with Crippen LogP contribution in [-0.4, -0.2) is 35.8 Å². The van der Waals surface area contributed by atoms with E-state index in [4.69, 9.17) is 4.74 Å². The van der Waals surface area contributed by atoms with E-state index < -0.39 is 29.9 Å². The molecular weight excluding hydrogens is 478 g/mol. The molecule has 8 nitrogen and oxygen atoms in total. The van der Waals surface area contributed by atoms with Gasteiger partial charge in [0.25, 0.3) is 11.8 Å². The average molecular weight is 504 g/mol. The van der Waals surface area contributed by atoms with Crippen LogP contribution in [0.2, 0.25) is 0 Å². The predicted molar refractivity (Wildman–Crippen MR) is 125 cm³/mol. The van der Waals surface area contributed by atoms with E-state index in [0.717, 1.165) is 0 Å². The molecule has 9 heteroatoms. The van der Waals surface area contributed by atoms with Gasteiger partial charge < -0.3 is 20.7 Å². The van der Waals surface area contributed by atoms with Gasteiger partial charge in [-0.25, -0.2) is 4.79 Å². The fourth-order valence-electron chi connectivity index (χ4n) is 2.75. The Hall–Kier alpha value is -3.20. The van der Waals surface area contributed by atoms with Crippen molar-refractivity contribution in [2.75, 3.05) is 10.6 Å². The molecule has 0 radical (unpaired) electrons. The van der Waals surface area contributed by atoms with Crippen LogP contribution >= 0.6 is 15.9 Å². The molecule has 0 aliphatic carbocycles. The molecule has 0 aromatic heterocycles. The molecule has 2 rings (SSSR count). The number of esters is 1. The Kier molecular flexibility index (Phi) is 8.95. The van der Waals surface area contributed by atoms with Gasteiger partial charge in [0.2, 0.25) is 5.91 Å². The summed E-state index contributed by atoms with van der Waals surface area (Å²) in [6.07, 6.45) is -1.08. The summed E-state index contributed by atoms with van der Waals surface area (Å²) in [5, 5.41) is 7.96. The van der Waals surface area contributed by atoms with E-state index >= 15 is 0 Å². The molecule has 2 atom stereocenters. The maximum Gasteiger partial charge on any atom is 0.329 e. The normalized spacial score (nSPS) is 12.4. The number of rotatable bonds is 8. The smallest absolute Gasteiger partial charge is 0.329 e. The summed E-state index contributed by atoms with van der Waals surface area (Å²) >= 11 is 3.32. The number of nitrogens with one attached hydrogen (secondary N) is 3. The molecule has 0 aliphatic heterocycles. The highest BCUT2D eigenvalue weighted by atomic mass is 79.9. The van der Waals surface area contributed by atoms with E-state index in [1.807, 2.05) is 0 Å². The van der Waals surface area contributed by atoms with Crippen molar-refractivity contribution in [1.29, 1.82) is 0 Å². The van der Waals surface area contributed by atoms with Crippen molar-refractivity contribution in [3.63, 3.8) is 0 Å². The molecule has 0 spiro atoms. The first kappa shape index (κ1) is 25.1. The molecule has 0 saturated carbocycles. The van der Waals surface area contributed by atoms with Crippen LogP contribution in [-0.2, 0) is 19.1 Å². The molecule has 0 aliphatic rings. The summed E-state index contributed by atoms with van der Waals surface area (Å²) in [4.78, 5) is 48.8. The molecule has 0 fully saturated rings. The van der Waals surface area contributed by atoms with Crippen LogP contribution in [0.25, 0.3) is 0 Å². The fraction of sp³-hybridized carbons (Fsp3) is 0.304. The monoisotopic (exact) mass is 503 g/mol. The Morgan fingerprint density at radius 2 is 1.44 bits per heavy atom. The lowest BCUT2D eigenvalue weighted by Crippen LogP contribution is -2.47. The van der Waals surface area contributed by atoms with Crippen molar-refractivity contribution in [3.05, 3.63) is 58.6 Å². The van der Waals surface area contributed by atoms with Gasteiger partial charge in [0.15, 0.2) is 6.10 Å².